The van der Waals surface area contributed by atoms with Crippen LogP contribution < -0.4 is 10.5 Å². The molecule has 3 N–H and O–H groups in total. The maximum Gasteiger partial charge on any atom is 0.270 e. The Hall–Kier alpha value is -2.50. The van der Waals surface area contributed by atoms with Crippen molar-refractivity contribution in [3.05, 3.63) is 48.0 Å². The highest BCUT2D eigenvalue weighted by Gasteiger charge is 2.13. The summed E-state index contributed by atoms with van der Waals surface area (Å²) in [5.41, 5.74) is 6.48. The fourth-order valence-corrected chi connectivity index (χ4v) is 1.70. The van der Waals surface area contributed by atoms with Crippen molar-refractivity contribution >= 4 is 11.6 Å². The minimum atomic E-state index is -0.353. The Morgan fingerprint density at radius 3 is 2.90 bits per heavy atom. The molecule has 0 radical (unpaired) electrons. The number of H-pyrrole nitrogens is 1. The van der Waals surface area contributed by atoms with Gasteiger partial charge in [0.1, 0.15) is 23.9 Å². The first-order valence-corrected chi connectivity index (χ1v) is 6.14. The Labute approximate surface area is 116 Å². The molecule has 0 bridgehead atoms. The van der Waals surface area contributed by atoms with E-state index in [1.807, 2.05) is 0 Å². The highest BCUT2D eigenvalue weighted by molar-refractivity contribution is 5.93. The molecule has 0 aliphatic heterocycles. The van der Waals surface area contributed by atoms with Crippen LogP contribution in [-0.2, 0) is 0 Å². The van der Waals surface area contributed by atoms with E-state index in [0.717, 1.165) is 0 Å². The molecule has 0 fully saturated rings. The van der Waals surface area contributed by atoms with Crippen LogP contribution in [0.5, 0.6) is 5.75 Å². The molecule has 0 atom stereocenters. The Kier molecular flexibility index (Phi) is 4.24. The average Bonchev–Trinajstić information content (AvgIpc) is 2.84. The lowest BCUT2D eigenvalue weighted by Gasteiger charge is -2.16. The molecule has 0 unspecified atom stereocenters. The van der Waals surface area contributed by atoms with Gasteiger partial charge in [-0.15, -0.1) is 0 Å². The van der Waals surface area contributed by atoms with Gasteiger partial charge >= 0.3 is 0 Å². The second-order valence-electron chi connectivity index (χ2n) is 4.38. The predicted octanol–water partition coefficient (Wildman–Crippen LogP) is 1.89. The van der Waals surface area contributed by atoms with E-state index in [9.17, 15) is 9.18 Å². The third kappa shape index (κ3) is 3.50. The van der Waals surface area contributed by atoms with Crippen molar-refractivity contribution in [3.8, 4) is 5.75 Å². The molecule has 2 rings (SSSR count). The second kappa shape index (κ2) is 6.10. The zero-order chi connectivity index (χ0) is 14.5. The van der Waals surface area contributed by atoms with Crippen molar-refractivity contribution in [2.45, 2.75) is 0 Å². The van der Waals surface area contributed by atoms with Gasteiger partial charge in [0.05, 0.1) is 6.54 Å². The molecule has 20 heavy (non-hydrogen) atoms. The van der Waals surface area contributed by atoms with Crippen LogP contribution >= 0.6 is 0 Å². The number of nitrogens with one attached hydrogen (secondary N) is 1. The van der Waals surface area contributed by atoms with Crippen LogP contribution in [-0.4, -0.2) is 36.0 Å². The van der Waals surface area contributed by atoms with Crippen molar-refractivity contribution < 1.29 is 13.9 Å². The number of aromatic nitrogens is 1. The summed E-state index contributed by atoms with van der Waals surface area (Å²) in [5.74, 6) is -0.0895. The molecule has 0 saturated carbocycles. The predicted molar refractivity (Wildman–Crippen MR) is 74.1 cm³/mol. The van der Waals surface area contributed by atoms with Crippen LogP contribution in [0.25, 0.3) is 0 Å². The second-order valence-corrected chi connectivity index (χ2v) is 4.38. The van der Waals surface area contributed by atoms with E-state index in [0.29, 0.717) is 23.7 Å². The van der Waals surface area contributed by atoms with Crippen LogP contribution in [0.15, 0.2) is 36.5 Å². The van der Waals surface area contributed by atoms with Crippen LogP contribution in [0, 0.1) is 5.82 Å². The number of nitrogen functional groups attached to an aromatic ring is 1. The largest absolute Gasteiger partial charge is 0.492 e. The molecule has 0 saturated heterocycles. The lowest BCUT2D eigenvalue weighted by Crippen LogP contribution is -2.31. The van der Waals surface area contributed by atoms with E-state index < -0.39 is 0 Å². The number of likely N-dealkylation sites (N-methyl/N-ethyl adjacent to an activating group) is 1. The standard InChI is InChI=1S/C14H16FN3O2/c1-18(14(19)13-8-11(16)9-17-13)5-6-20-12-4-2-3-10(15)7-12/h2-4,7-9,17H,5-6,16H2,1H3. The van der Waals surface area contributed by atoms with Crippen LogP contribution in [0.4, 0.5) is 10.1 Å². The number of ether oxygens (including phenoxy) is 1. The molecule has 0 aliphatic carbocycles. The number of carbonyl (C=O) groups is 1. The van der Waals surface area contributed by atoms with Crippen LogP contribution in [0.2, 0.25) is 0 Å². The number of hydrogen-bond acceptors (Lipinski definition) is 3. The highest BCUT2D eigenvalue weighted by Crippen LogP contribution is 2.12. The number of amides is 1. The van der Waals surface area contributed by atoms with Gasteiger partial charge in [0.25, 0.3) is 5.91 Å². The molecular formula is C14H16FN3O2. The Morgan fingerprint density at radius 1 is 1.45 bits per heavy atom. The van der Waals surface area contributed by atoms with Crippen LogP contribution in [0.3, 0.4) is 0 Å². The van der Waals surface area contributed by atoms with E-state index >= 15 is 0 Å². The Morgan fingerprint density at radius 2 is 2.25 bits per heavy atom. The zero-order valence-corrected chi connectivity index (χ0v) is 11.1. The summed E-state index contributed by atoms with van der Waals surface area (Å²) in [7, 11) is 1.66. The molecule has 1 amide bonds. The number of hydrogen-bond donors (Lipinski definition) is 2. The van der Waals surface area contributed by atoms with Crippen molar-refractivity contribution in [3.63, 3.8) is 0 Å². The number of rotatable bonds is 5. The molecule has 1 aromatic heterocycles. The third-order valence-corrected chi connectivity index (χ3v) is 2.77. The van der Waals surface area contributed by atoms with Crippen molar-refractivity contribution in [2.24, 2.45) is 0 Å². The SMILES string of the molecule is CN(CCOc1cccc(F)c1)C(=O)c1cc(N)c[nH]1. The monoisotopic (exact) mass is 277 g/mol. The summed E-state index contributed by atoms with van der Waals surface area (Å²) < 4.78 is 18.3. The van der Waals surface area contributed by atoms with E-state index in [4.69, 9.17) is 10.5 Å². The highest BCUT2D eigenvalue weighted by atomic mass is 19.1. The summed E-state index contributed by atoms with van der Waals surface area (Å²) in [4.78, 5) is 16.3. The quantitative estimate of drug-likeness (QED) is 0.876. The van der Waals surface area contributed by atoms with Gasteiger partial charge in [-0.3, -0.25) is 4.79 Å². The van der Waals surface area contributed by atoms with Crippen molar-refractivity contribution in [1.29, 1.82) is 0 Å². The first-order valence-electron chi connectivity index (χ1n) is 6.14. The maximum atomic E-state index is 12.9. The molecule has 2 aromatic rings. The van der Waals surface area contributed by atoms with Gasteiger partial charge in [0, 0.05) is 25.0 Å². The minimum Gasteiger partial charge on any atom is -0.492 e. The van der Waals surface area contributed by atoms with Gasteiger partial charge in [-0.25, -0.2) is 4.39 Å². The average molecular weight is 277 g/mol. The fourth-order valence-electron chi connectivity index (χ4n) is 1.70. The molecule has 0 spiro atoms. The molecular weight excluding hydrogens is 261 g/mol. The van der Waals surface area contributed by atoms with Crippen molar-refractivity contribution in [1.82, 2.24) is 9.88 Å². The first kappa shape index (κ1) is 13.9. The van der Waals surface area contributed by atoms with Crippen LogP contribution in [0.1, 0.15) is 10.5 Å². The third-order valence-electron chi connectivity index (χ3n) is 2.77. The van der Waals surface area contributed by atoms with Gasteiger partial charge < -0.3 is 20.4 Å². The molecule has 5 nitrogen and oxygen atoms in total. The fraction of sp³-hybridized carbons (Fsp3) is 0.214. The molecule has 6 heteroatoms. The molecule has 1 aromatic carbocycles. The van der Waals surface area contributed by atoms with Gasteiger partial charge in [-0.1, -0.05) is 6.07 Å². The smallest absolute Gasteiger partial charge is 0.270 e. The summed E-state index contributed by atoms with van der Waals surface area (Å²) in [6.45, 7) is 0.663. The number of benzene rings is 1. The minimum absolute atomic E-state index is 0.176. The van der Waals surface area contributed by atoms with Crippen molar-refractivity contribution in [2.75, 3.05) is 25.9 Å². The first-order chi connectivity index (χ1) is 9.56. The van der Waals surface area contributed by atoms with E-state index in [1.54, 1.807) is 31.4 Å². The lowest BCUT2D eigenvalue weighted by molar-refractivity contribution is 0.0768. The summed E-state index contributed by atoms with van der Waals surface area (Å²) in [6.07, 6.45) is 1.56. The van der Waals surface area contributed by atoms with Gasteiger partial charge in [0.15, 0.2) is 0 Å². The maximum absolute atomic E-state index is 12.9. The molecule has 0 aliphatic rings. The Bertz CT molecular complexity index is 598. The van der Waals surface area contributed by atoms with Gasteiger partial charge in [-0.05, 0) is 18.2 Å². The number of halogens is 1. The number of aromatic amines is 1. The molecule has 106 valence electrons. The lowest BCUT2D eigenvalue weighted by atomic mass is 10.3. The Balaban J connectivity index is 1.83. The van der Waals surface area contributed by atoms with Gasteiger partial charge in [-0.2, -0.15) is 0 Å². The topological polar surface area (TPSA) is 71.3 Å². The van der Waals surface area contributed by atoms with Gasteiger partial charge in [0.2, 0.25) is 0 Å². The zero-order valence-electron chi connectivity index (χ0n) is 11.1. The number of carbonyl (C=O) groups excluding carboxylic acids is 1. The summed E-state index contributed by atoms with van der Waals surface area (Å²) in [6, 6.07) is 7.45. The van der Waals surface area contributed by atoms with E-state index in [2.05, 4.69) is 4.98 Å². The summed E-state index contributed by atoms with van der Waals surface area (Å²) in [5, 5.41) is 0. The number of anilines is 1. The summed E-state index contributed by atoms with van der Waals surface area (Å²) >= 11 is 0. The molecule has 1 heterocycles. The van der Waals surface area contributed by atoms with E-state index in [-0.39, 0.29) is 18.3 Å². The number of nitrogens with zero attached hydrogens (tertiary/aromatic N) is 1. The normalized spacial score (nSPS) is 10.3. The van der Waals surface area contributed by atoms with E-state index in [1.165, 1.54) is 17.0 Å². The number of nitrogens with two attached hydrogens (primary N) is 1.